The number of fused-ring (bicyclic) bond motifs is 2. The van der Waals surface area contributed by atoms with E-state index in [1.807, 2.05) is 31.2 Å². The van der Waals surface area contributed by atoms with Crippen LogP contribution in [0.15, 0.2) is 24.3 Å². The van der Waals surface area contributed by atoms with E-state index in [0.29, 0.717) is 30.0 Å². The predicted octanol–water partition coefficient (Wildman–Crippen LogP) is 4.78. The lowest BCUT2D eigenvalue weighted by atomic mass is 9.47. The number of nitrogens with one attached hydrogen (secondary N) is 2. The van der Waals surface area contributed by atoms with Crippen molar-refractivity contribution in [2.24, 2.45) is 16.7 Å². The molecule has 4 N–H and O–H groups in total. The minimum Gasteiger partial charge on any atom is -0.396 e. The van der Waals surface area contributed by atoms with Gasteiger partial charge in [-0.25, -0.2) is 4.98 Å². The quantitative estimate of drug-likeness (QED) is 0.422. The molecule has 2 amide bonds. The zero-order valence-corrected chi connectivity index (χ0v) is 24.0. The molecule has 8 heteroatoms. The SMILES string of the molecule is CC(C)(C)c1ccc(C(=O)Nc2nc3c(s2)C[C@@H]2[C@](C)(CO)[C@H](O)CC[C@@]2(C)[C@@H]3CC(=O)NC2CC2)cc1. The first-order valence-corrected chi connectivity index (χ1v) is 14.7. The Morgan fingerprint density at radius 3 is 2.42 bits per heavy atom. The van der Waals surface area contributed by atoms with E-state index in [1.54, 1.807) is 0 Å². The Bertz CT molecular complexity index is 1220. The lowest BCUT2D eigenvalue weighted by Crippen LogP contribution is -2.57. The van der Waals surface area contributed by atoms with Gasteiger partial charge in [-0.05, 0) is 66.5 Å². The van der Waals surface area contributed by atoms with Crippen LogP contribution in [0.1, 0.15) is 99.1 Å². The van der Waals surface area contributed by atoms with Crippen molar-refractivity contribution in [1.82, 2.24) is 10.3 Å². The number of hydrogen-bond acceptors (Lipinski definition) is 6. The maximum Gasteiger partial charge on any atom is 0.257 e. The first-order chi connectivity index (χ1) is 17.8. The van der Waals surface area contributed by atoms with Crippen LogP contribution in [0.3, 0.4) is 0 Å². The largest absolute Gasteiger partial charge is 0.396 e. The second kappa shape index (κ2) is 9.72. The number of aromatic nitrogens is 1. The summed E-state index contributed by atoms with van der Waals surface area (Å²) >= 11 is 1.45. The average molecular weight is 540 g/mol. The number of carbonyl (C=O) groups is 2. The highest BCUT2D eigenvalue weighted by Crippen LogP contribution is 2.62. The maximum atomic E-state index is 13.1. The molecule has 0 unspecified atom stereocenters. The van der Waals surface area contributed by atoms with Crippen molar-refractivity contribution < 1.29 is 19.8 Å². The number of amides is 2. The second-order valence-electron chi connectivity index (χ2n) is 13.2. The van der Waals surface area contributed by atoms with Gasteiger partial charge in [0.25, 0.3) is 5.91 Å². The summed E-state index contributed by atoms with van der Waals surface area (Å²) in [5, 5.41) is 28.0. The summed E-state index contributed by atoms with van der Waals surface area (Å²) in [6, 6.07) is 7.95. The second-order valence-corrected chi connectivity index (χ2v) is 14.3. The fourth-order valence-corrected chi connectivity index (χ4v) is 7.75. The number of nitrogens with zero attached hydrogens (tertiary/aromatic N) is 1. The van der Waals surface area contributed by atoms with Crippen LogP contribution >= 0.6 is 11.3 Å². The highest BCUT2D eigenvalue weighted by molar-refractivity contribution is 7.15. The molecule has 0 bridgehead atoms. The fourth-order valence-electron chi connectivity index (χ4n) is 6.69. The van der Waals surface area contributed by atoms with Gasteiger partial charge in [0.2, 0.25) is 5.91 Å². The Morgan fingerprint density at radius 2 is 1.82 bits per heavy atom. The molecule has 0 spiro atoms. The van der Waals surface area contributed by atoms with Crippen LogP contribution in [-0.2, 0) is 16.6 Å². The van der Waals surface area contributed by atoms with Gasteiger partial charge in [0, 0.05) is 34.2 Å². The van der Waals surface area contributed by atoms with Crippen molar-refractivity contribution in [1.29, 1.82) is 0 Å². The van der Waals surface area contributed by atoms with Crippen molar-refractivity contribution in [2.45, 2.75) is 96.6 Å². The Hall–Kier alpha value is -2.29. The summed E-state index contributed by atoms with van der Waals surface area (Å²) < 4.78 is 0. The van der Waals surface area contributed by atoms with Gasteiger partial charge >= 0.3 is 0 Å². The van der Waals surface area contributed by atoms with Crippen LogP contribution in [0.25, 0.3) is 0 Å². The topological polar surface area (TPSA) is 112 Å². The Kier molecular flexibility index (Phi) is 6.98. The van der Waals surface area contributed by atoms with Crippen molar-refractivity contribution in [3.63, 3.8) is 0 Å². The van der Waals surface area contributed by atoms with Crippen molar-refractivity contribution in [3.8, 4) is 0 Å². The lowest BCUT2D eigenvalue weighted by molar-refractivity contribution is -0.144. The van der Waals surface area contributed by atoms with E-state index in [4.69, 9.17) is 4.98 Å². The van der Waals surface area contributed by atoms with Gasteiger partial charge in [0.05, 0.1) is 18.4 Å². The minimum absolute atomic E-state index is 0.00765. The molecule has 5 rings (SSSR count). The van der Waals surface area contributed by atoms with Crippen molar-refractivity contribution >= 4 is 28.3 Å². The highest BCUT2D eigenvalue weighted by Gasteiger charge is 2.59. The number of aliphatic hydroxyl groups excluding tert-OH is 2. The summed E-state index contributed by atoms with van der Waals surface area (Å²) in [6.07, 6.45) is 3.78. The molecule has 1 aromatic carbocycles. The van der Waals surface area contributed by atoms with Gasteiger partial charge in [-0.2, -0.15) is 0 Å². The predicted molar refractivity (Wildman–Crippen MR) is 149 cm³/mol. The third-order valence-electron chi connectivity index (χ3n) is 9.46. The molecule has 0 saturated heterocycles. The van der Waals surface area contributed by atoms with Gasteiger partial charge in [-0.15, -0.1) is 11.3 Å². The zero-order valence-electron chi connectivity index (χ0n) is 23.1. The first kappa shape index (κ1) is 27.3. The Balaban J connectivity index is 1.45. The van der Waals surface area contributed by atoms with Gasteiger partial charge in [0.1, 0.15) is 0 Å². The normalized spacial score (nSPS) is 30.8. The third kappa shape index (κ3) is 4.91. The number of anilines is 1. The fraction of sp³-hybridized carbons (Fsp3) is 0.633. The molecule has 5 atom stereocenters. The maximum absolute atomic E-state index is 13.1. The number of thiazole rings is 1. The molecule has 2 aromatic rings. The lowest BCUT2D eigenvalue weighted by Gasteiger charge is -2.58. The van der Waals surface area contributed by atoms with Crippen molar-refractivity contribution in [3.05, 3.63) is 46.0 Å². The molecular weight excluding hydrogens is 498 g/mol. The molecule has 1 heterocycles. The first-order valence-electron chi connectivity index (χ1n) is 13.8. The Labute approximate surface area is 229 Å². The van der Waals surface area contributed by atoms with E-state index in [2.05, 4.69) is 38.3 Å². The van der Waals surface area contributed by atoms with E-state index in [0.717, 1.165) is 35.4 Å². The molecule has 2 saturated carbocycles. The summed E-state index contributed by atoms with van der Waals surface area (Å²) in [6.45, 7) is 10.5. The monoisotopic (exact) mass is 539 g/mol. The molecule has 0 radical (unpaired) electrons. The smallest absolute Gasteiger partial charge is 0.257 e. The number of hydrogen-bond donors (Lipinski definition) is 4. The summed E-state index contributed by atoms with van der Waals surface area (Å²) in [5.41, 5.74) is 1.66. The molecule has 206 valence electrons. The van der Waals surface area contributed by atoms with E-state index >= 15 is 0 Å². The number of rotatable bonds is 6. The highest BCUT2D eigenvalue weighted by atomic mass is 32.1. The zero-order chi connectivity index (χ0) is 27.5. The van der Waals surface area contributed by atoms with Crippen LogP contribution in [0, 0.1) is 16.7 Å². The summed E-state index contributed by atoms with van der Waals surface area (Å²) in [4.78, 5) is 32.1. The molecule has 3 aliphatic carbocycles. The standard InChI is InChI=1S/C30H41N3O4S/c1-28(2,3)18-8-6-17(7-9-18)26(37)33-27-32-25-20(14-24(36)31-19-10-11-19)29(4)13-12-23(35)30(5,16-34)22(29)15-21(25)38-27/h6-9,19-20,22-23,34-35H,10-16H2,1-5H3,(H,31,36)(H,32,33,37)/t20-,22+,23-,29+,30+/m1/s1. The van der Waals surface area contributed by atoms with Crippen LogP contribution in [-0.4, -0.2) is 45.8 Å². The average Bonchev–Trinajstić information content (AvgIpc) is 3.59. The molecule has 3 aliphatic rings. The van der Waals surface area contributed by atoms with Crippen molar-refractivity contribution in [2.75, 3.05) is 11.9 Å². The number of carbonyl (C=O) groups excluding carboxylic acids is 2. The molecule has 2 fully saturated rings. The van der Waals surface area contributed by atoms with E-state index in [9.17, 15) is 19.8 Å². The van der Waals surface area contributed by atoms with Crippen LogP contribution in [0.5, 0.6) is 0 Å². The van der Waals surface area contributed by atoms with E-state index < -0.39 is 11.5 Å². The molecule has 38 heavy (non-hydrogen) atoms. The Morgan fingerprint density at radius 1 is 1.13 bits per heavy atom. The van der Waals surface area contributed by atoms with Crippen LogP contribution < -0.4 is 10.6 Å². The molecule has 1 aromatic heterocycles. The molecular formula is C30H41N3O4S. The number of benzene rings is 1. The number of aliphatic hydroxyl groups is 2. The summed E-state index contributed by atoms with van der Waals surface area (Å²) in [7, 11) is 0. The van der Waals surface area contributed by atoms with Crippen LogP contribution in [0.4, 0.5) is 5.13 Å². The minimum atomic E-state index is -0.669. The van der Waals surface area contributed by atoms with Crippen LogP contribution in [0.2, 0.25) is 0 Å². The van der Waals surface area contributed by atoms with Gasteiger partial charge in [-0.3, -0.25) is 14.9 Å². The van der Waals surface area contributed by atoms with E-state index in [-0.39, 0.29) is 47.1 Å². The van der Waals surface area contributed by atoms with Gasteiger partial charge < -0.3 is 15.5 Å². The van der Waals surface area contributed by atoms with Gasteiger partial charge in [0.15, 0.2) is 5.13 Å². The van der Waals surface area contributed by atoms with E-state index in [1.165, 1.54) is 11.3 Å². The summed E-state index contributed by atoms with van der Waals surface area (Å²) in [5.74, 6) is -0.344. The molecule has 0 aliphatic heterocycles. The molecule has 7 nitrogen and oxygen atoms in total. The third-order valence-corrected chi connectivity index (χ3v) is 10.5. The van der Waals surface area contributed by atoms with Gasteiger partial charge in [-0.1, -0.05) is 46.8 Å².